The summed E-state index contributed by atoms with van der Waals surface area (Å²) in [7, 11) is 1.60. The lowest BCUT2D eigenvalue weighted by molar-refractivity contribution is -0.114. The van der Waals surface area contributed by atoms with Gasteiger partial charge >= 0.3 is 0 Å². The number of ether oxygens (including phenoxy) is 2. The number of fused-ring (bicyclic) bond motifs is 1. The number of aromatic nitrogens is 1. The van der Waals surface area contributed by atoms with Crippen LogP contribution in [0.1, 0.15) is 35.1 Å². The van der Waals surface area contributed by atoms with E-state index >= 15 is 0 Å². The maximum absolute atomic E-state index is 12.9. The Morgan fingerprint density at radius 2 is 2.03 bits per heavy atom. The molecule has 2 aromatic carbocycles. The van der Waals surface area contributed by atoms with E-state index in [2.05, 4.69) is 18.1 Å². The monoisotopic (exact) mass is 418 g/mol. The molecule has 3 aromatic rings. The van der Waals surface area contributed by atoms with E-state index in [9.17, 15) is 4.79 Å². The van der Waals surface area contributed by atoms with Gasteiger partial charge in [0.15, 0.2) is 11.5 Å². The number of methoxy groups -OCH3 is 1. The van der Waals surface area contributed by atoms with Crippen LogP contribution in [0.25, 0.3) is 6.08 Å². The molecular formula is C25H26N2O4. The number of hydrogen-bond acceptors (Lipinski definition) is 5. The van der Waals surface area contributed by atoms with Gasteiger partial charge in [-0.05, 0) is 62.6 Å². The van der Waals surface area contributed by atoms with Crippen LogP contribution in [0.2, 0.25) is 0 Å². The summed E-state index contributed by atoms with van der Waals surface area (Å²) in [6, 6.07) is 13.8. The molecule has 4 rings (SSSR count). The van der Waals surface area contributed by atoms with Gasteiger partial charge < -0.3 is 18.9 Å². The number of aryl methyl sites for hydroxylation is 2. The van der Waals surface area contributed by atoms with Gasteiger partial charge in [0.05, 0.1) is 18.4 Å². The molecule has 0 saturated carbocycles. The summed E-state index contributed by atoms with van der Waals surface area (Å²) >= 11 is 0. The van der Waals surface area contributed by atoms with Crippen LogP contribution in [-0.2, 0) is 17.8 Å². The van der Waals surface area contributed by atoms with Crippen molar-refractivity contribution in [2.75, 3.05) is 12.0 Å². The van der Waals surface area contributed by atoms with E-state index in [1.807, 2.05) is 55.1 Å². The van der Waals surface area contributed by atoms with Crippen LogP contribution < -0.4 is 14.4 Å². The Labute approximate surface area is 182 Å². The smallest absolute Gasteiger partial charge is 0.251 e. The van der Waals surface area contributed by atoms with Crippen molar-refractivity contribution in [1.29, 1.82) is 0 Å². The molecule has 1 unspecified atom stereocenters. The van der Waals surface area contributed by atoms with Crippen molar-refractivity contribution in [3.8, 4) is 11.5 Å². The van der Waals surface area contributed by atoms with Crippen molar-refractivity contribution in [2.24, 2.45) is 0 Å². The zero-order valence-corrected chi connectivity index (χ0v) is 18.2. The van der Waals surface area contributed by atoms with Gasteiger partial charge in [-0.25, -0.2) is 0 Å². The Bertz CT molecular complexity index is 1110. The molecule has 2 heterocycles. The minimum Gasteiger partial charge on any atom is -0.493 e. The van der Waals surface area contributed by atoms with Crippen molar-refractivity contribution in [2.45, 2.75) is 39.8 Å². The van der Waals surface area contributed by atoms with Gasteiger partial charge in [-0.3, -0.25) is 4.79 Å². The van der Waals surface area contributed by atoms with Crippen LogP contribution in [0, 0.1) is 13.8 Å². The summed E-state index contributed by atoms with van der Waals surface area (Å²) < 4.78 is 16.6. The second-order valence-electron chi connectivity index (χ2n) is 7.73. The number of nitrogens with zero attached hydrogens (tertiary/aromatic N) is 2. The molecule has 1 atom stereocenters. The standard InChI is InChI=1S/C25H26N2O4/c1-16-13-20-7-5-6-8-22(20)27(16)25(28)12-10-19-9-11-23(24(14-19)29-4)30-15-21-17(2)26-31-18(21)3/h5-12,14,16H,13,15H2,1-4H3. The zero-order chi connectivity index (χ0) is 22.0. The molecule has 0 radical (unpaired) electrons. The molecule has 6 heteroatoms. The Balaban J connectivity index is 1.48. The van der Waals surface area contributed by atoms with Gasteiger partial charge in [0.1, 0.15) is 12.4 Å². The summed E-state index contributed by atoms with van der Waals surface area (Å²) in [6.07, 6.45) is 4.29. The fourth-order valence-electron chi connectivity index (χ4n) is 3.91. The quantitative estimate of drug-likeness (QED) is 0.535. The first kappa shape index (κ1) is 20.7. The normalized spacial score (nSPS) is 15.4. The average molecular weight is 418 g/mol. The maximum atomic E-state index is 12.9. The fourth-order valence-corrected chi connectivity index (χ4v) is 3.91. The summed E-state index contributed by atoms with van der Waals surface area (Å²) in [5, 5.41) is 3.95. The van der Waals surface area contributed by atoms with Crippen LogP contribution in [-0.4, -0.2) is 24.2 Å². The number of hydrogen-bond donors (Lipinski definition) is 0. The van der Waals surface area contributed by atoms with Gasteiger partial charge in [-0.2, -0.15) is 0 Å². The van der Waals surface area contributed by atoms with Crippen LogP contribution in [0.5, 0.6) is 11.5 Å². The van der Waals surface area contributed by atoms with E-state index in [0.717, 1.165) is 34.7 Å². The third kappa shape index (κ3) is 4.19. The molecule has 0 saturated heterocycles. The molecule has 31 heavy (non-hydrogen) atoms. The largest absolute Gasteiger partial charge is 0.493 e. The molecule has 0 aliphatic carbocycles. The minimum absolute atomic E-state index is 0.0323. The Hall–Kier alpha value is -3.54. The van der Waals surface area contributed by atoms with E-state index in [1.54, 1.807) is 19.3 Å². The highest BCUT2D eigenvalue weighted by atomic mass is 16.5. The van der Waals surface area contributed by atoms with Crippen molar-refractivity contribution >= 4 is 17.7 Å². The molecule has 1 aliphatic heterocycles. The van der Waals surface area contributed by atoms with Crippen LogP contribution in [0.15, 0.2) is 53.1 Å². The summed E-state index contributed by atoms with van der Waals surface area (Å²) in [5.74, 6) is 1.93. The lowest BCUT2D eigenvalue weighted by Gasteiger charge is -2.21. The number of benzene rings is 2. The zero-order valence-electron chi connectivity index (χ0n) is 18.2. The van der Waals surface area contributed by atoms with E-state index < -0.39 is 0 Å². The number of amides is 1. The maximum Gasteiger partial charge on any atom is 0.251 e. The number of anilines is 1. The van der Waals surface area contributed by atoms with E-state index in [1.165, 1.54) is 5.56 Å². The first-order valence-electron chi connectivity index (χ1n) is 10.3. The molecule has 1 aromatic heterocycles. The van der Waals surface area contributed by atoms with Crippen molar-refractivity contribution in [1.82, 2.24) is 5.16 Å². The second-order valence-corrected chi connectivity index (χ2v) is 7.73. The number of carbonyl (C=O) groups excluding carboxylic acids is 1. The average Bonchev–Trinajstić information content (AvgIpc) is 3.28. The van der Waals surface area contributed by atoms with Gasteiger partial charge in [0, 0.05) is 17.8 Å². The van der Waals surface area contributed by atoms with Crippen molar-refractivity contribution < 1.29 is 18.8 Å². The first-order chi connectivity index (χ1) is 15.0. The summed E-state index contributed by atoms with van der Waals surface area (Å²) in [6.45, 7) is 6.16. The number of rotatable bonds is 6. The Morgan fingerprint density at radius 1 is 1.23 bits per heavy atom. The highest BCUT2D eigenvalue weighted by Gasteiger charge is 2.29. The van der Waals surface area contributed by atoms with Gasteiger partial charge in [0.25, 0.3) is 5.91 Å². The van der Waals surface area contributed by atoms with Crippen molar-refractivity contribution in [3.05, 3.63) is 76.7 Å². The van der Waals surface area contributed by atoms with Gasteiger partial charge in [-0.1, -0.05) is 29.4 Å². The highest BCUT2D eigenvalue weighted by molar-refractivity contribution is 6.05. The predicted molar refractivity (Wildman–Crippen MR) is 119 cm³/mol. The molecule has 0 spiro atoms. The highest BCUT2D eigenvalue weighted by Crippen LogP contribution is 2.33. The predicted octanol–water partition coefficient (Wildman–Crippen LogP) is 4.87. The number of carbonyl (C=O) groups is 1. The first-order valence-corrected chi connectivity index (χ1v) is 10.3. The Morgan fingerprint density at radius 3 is 2.77 bits per heavy atom. The summed E-state index contributed by atoms with van der Waals surface area (Å²) in [4.78, 5) is 14.7. The van der Waals surface area contributed by atoms with Crippen LogP contribution in [0.4, 0.5) is 5.69 Å². The molecular weight excluding hydrogens is 392 g/mol. The van der Waals surface area contributed by atoms with E-state index in [-0.39, 0.29) is 11.9 Å². The third-order valence-corrected chi connectivity index (χ3v) is 5.60. The lowest BCUT2D eigenvalue weighted by atomic mass is 10.1. The van der Waals surface area contributed by atoms with Crippen molar-refractivity contribution in [3.63, 3.8) is 0 Å². The SMILES string of the molecule is COc1cc(C=CC(=O)N2c3ccccc3CC2C)ccc1OCc1c(C)noc1C. The van der Waals surface area contributed by atoms with Gasteiger partial charge in [0.2, 0.25) is 0 Å². The molecule has 160 valence electrons. The third-order valence-electron chi connectivity index (χ3n) is 5.60. The second kappa shape index (κ2) is 8.68. The van der Waals surface area contributed by atoms with Crippen LogP contribution >= 0.6 is 0 Å². The molecule has 6 nitrogen and oxygen atoms in total. The molecule has 0 bridgehead atoms. The molecule has 1 aliphatic rings. The van der Waals surface area contributed by atoms with E-state index in [0.29, 0.717) is 18.1 Å². The Kier molecular flexibility index (Phi) is 5.80. The van der Waals surface area contributed by atoms with E-state index in [4.69, 9.17) is 14.0 Å². The molecule has 0 N–H and O–H groups in total. The molecule has 0 fully saturated rings. The summed E-state index contributed by atoms with van der Waals surface area (Å²) in [5.41, 5.74) is 4.79. The van der Waals surface area contributed by atoms with Gasteiger partial charge in [-0.15, -0.1) is 0 Å². The topological polar surface area (TPSA) is 64.8 Å². The lowest BCUT2D eigenvalue weighted by Crippen LogP contribution is -2.34. The number of para-hydroxylation sites is 1. The minimum atomic E-state index is -0.0323. The molecule has 1 amide bonds. The van der Waals surface area contributed by atoms with Crippen LogP contribution in [0.3, 0.4) is 0 Å². The fraction of sp³-hybridized carbons (Fsp3) is 0.280.